The molecule has 0 atom stereocenters. The van der Waals surface area contributed by atoms with Crippen LogP contribution >= 0.6 is 0 Å². The highest BCUT2D eigenvalue weighted by Crippen LogP contribution is 2.15. The fourth-order valence-electron chi connectivity index (χ4n) is 1.92. The average molecular weight is 328 g/mol. The zero-order valence-corrected chi connectivity index (χ0v) is 14.6. The maximum absolute atomic E-state index is 11.9. The molecule has 23 heavy (non-hydrogen) atoms. The van der Waals surface area contributed by atoms with Crippen molar-refractivity contribution in [2.24, 2.45) is 4.99 Å². The molecule has 0 aliphatic carbocycles. The zero-order chi connectivity index (χ0) is 17.5. The number of likely N-dealkylation sites (tertiary alicyclic amines) is 1. The van der Waals surface area contributed by atoms with Gasteiger partial charge in [0.25, 0.3) is 0 Å². The third-order valence-electron chi connectivity index (χ3n) is 3.03. The van der Waals surface area contributed by atoms with E-state index in [1.54, 1.807) is 4.90 Å². The maximum Gasteiger partial charge on any atom is 0.410 e. The summed E-state index contributed by atoms with van der Waals surface area (Å²) in [6, 6.07) is 0.124. The van der Waals surface area contributed by atoms with Gasteiger partial charge in [-0.05, 0) is 27.7 Å². The molecule has 1 fully saturated rings. The van der Waals surface area contributed by atoms with E-state index in [-0.39, 0.29) is 24.5 Å². The van der Waals surface area contributed by atoms with Crippen LogP contribution in [0.15, 0.2) is 4.99 Å². The Bertz CT molecular complexity index is 439. The Labute approximate surface area is 137 Å². The molecule has 1 heterocycles. The highest BCUT2D eigenvalue weighted by molar-refractivity contribution is 5.81. The number of carbonyl (C=O) groups is 2. The van der Waals surface area contributed by atoms with Crippen molar-refractivity contribution in [3.8, 4) is 0 Å². The normalized spacial score (nSPS) is 15.7. The molecule has 8 nitrogen and oxygen atoms in total. The van der Waals surface area contributed by atoms with Gasteiger partial charge in [0, 0.05) is 19.6 Å². The fraction of sp³-hybridized carbons (Fsp3) is 0.800. The van der Waals surface area contributed by atoms with Gasteiger partial charge in [0.1, 0.15) is 5.60 Å². The highest BCUT2D eigenvalue weighted by atomic mass is 16.6. The Morgan fingerprint density at radius 3 is 2.48 bits per heavy atom. The first-order chi connectivity index (χ1) is 10.7. The first-order valence-corrected chi connectivity index (χ1v) is 7.84. The summed E-state index contributed by atoms with van der Waals surface area (Å²) in [5.74, 6) is 0.342. The summed E-state index contributed by atoms with van der Waals surface area (Å²) in [6.45, 7) is 9.70. The summed E-state index contributed by atoms with van der Waals surface area (Å²) in [5, 5.41) is 6.34. The Morgan fingerprint density at radius 1 is 1.30 bits per heavy atom. The van der Waals surface area contributed by atoms with Gasteiger partial charge in [-0.2, -0.15) is 0 Å². The number of rotatable bonds is 5. The topological polar surface area (TPSA) is 92.3 Å². The molecule has 0 bridgehead atoms. The van der Waals surface area contributed by atoms with Gasteiger partial charge in [0.05, 0.1) is 26.1 Å². The number of nitrogens with zero attached hydrogens (tertiary/aromatic N) is 2. The zero-order valence-electron chi connectivity index (χ0n) is 14.6. The molecule has 8 heteroatoms. The van der Waals surface area contributed by atoms with E-state index in [1.165, 1.54) is 7.11 Å². The summed E-state index contributed by atoms with van der Waals surface area (Å²) in [4.78, 5) is 28.9. The van der Waals surface area contributed by atoms with E-state index in [0.29, 0.717) is 32.1 Å². The molecule has 1 amide bonds. The van der Waals surface area contributed by atoms with E-state index in [9.17, 15) is 9.59 Å². The van der Waals surface area contributed by atoms with Gasteiger partial charge >= 0.3 is 12.1 Å². The molecule has 2 N–H and O–H groups in total. The number of nitrogens with one attached hydrogen (secondary N) is 2. The Hall–Kier alpha value is -1.99. The van der Waals surface area contributed by atoms with Crippen LogP contribution in [0.2, 0.25) is 0 Å². The summed E-state index contributed by atoms with van der Waals surface area (Å²) in [5.41, 5.74) is -0.486. The second-order valence-electron chi connectivity index (χ2n) is 6.31. The molecule has 1 rings (SSSR count). The van der Waals surface area contributed by atoms with Crippen LogP contribution in [0.5, 0.6) is 0 Å². The van der Waals surface area contributed by atoms with Crippen molar-refractivity contribution in [2.75, 3.05) is 33.3 Å². The lowest BCUT2D eigenvalue weighted by molar-refractivity contribution is -0.140. The van der Waals surface area contributed by atoms with Crippen molar-refractivity contribution in [3.63, 3.8) is 0 Å². The van der Waals surface area contributed by atoms with Gasteiger partial charge in [-0.15, -0.1) is 0 Å². The number of hydrogen-bond acceptors (Lipinski definition) is 5. The SMILES string of the molecule is CCNC(=NCCC(=O)OC)NC1CN(C(=O)OC(C)(C)C)C1. The van der Waals surface area contributed by atoms with Crippen molar-refractivity contribution in [2.45, 2.75) is 45.8 Å². The third kappa shape index (κ3) is 7.21. The molecule has 0 radical (unpaired) electrons. The Morgan fingerprint density at radius 2 is 1.96 bits per heavy atom. The van der Waals surface area contributed by atoms with E-state index in [4.69, 9.17) is 4.74 Å². The van der Waals surface area contributed by atoms with Crippen LogP contribution in [0.4, 0.5) is 4.79 Å². The van der Waals surface area contributed by atoms with E-state index in [1.807, 2.05) is 27.7 Å². The van der Waals surface area contributed by atoms with Crippen LogP contribution in [0.3, 0.4) is 0 Å². The predicted molar refractivity (Wildman–Crippen MR) is 87.3 cm³/mol. The first-order valence-electron chi connectivity index (χ1n) is 7.84. The molecule has 0 unspecified atom stereocenters. The van der Waals surface area contributed by atoms with Crippen molar-refractivity contribution >= 4 is 18.0 Å². The van der Waals surface area contributed by atoms with Crippen LogP contribution in [0.1, 0.15) is 34.1 Å². The summed E-state index contributed by atoms with van der Waals surface area (Å²) in [6.07, 6.45) is -0.0647. The van der Waals surface area contributed by atoms with Gasteiger partial charge in [-0.1, -0.05) is 0 Å². The minimum absolute atomic E-state index is 0.124. The molecule has 1 aliphatic heterocycles. The Balaban J connectivity index is 2.38. The van der Waals surface area contributed by atoms with E-state index in [0.717, 1.165) is 0 Å². The second kappa shape index (κ2) is 8.59. The lowest BCUT2D eigenvalue weighted by Crippen LogP contribution is -2.63. The van der Waals surface area contributed by atoms with Gasteiger partial charge in [-0.3, -0.25) is 9.79 Å². The van der Waals surface area contributed by atoms with Gasteiger partial charge in [0.2, 0.25) is 0 Å². The lowest BCUT2D eigenvalue weighted by Gasteiger charge is -2.40. The molecule has 132 valence electrons. The molecule has 1 aliphatic rings. The third-order valence-corrected chi connectivity index (χ3v) is 3.03. The number of esters is 1. The van der Waals surface area contributed by atoms with Crippen LogP contribution in [0.25, 0.3) is 0 Å². The van der Waals surface area contributed by atoms with Crippen molar-refractivity contribution in [1.29, 1.82) is 0 Å². The number of guanidine groups is 1. The molecule has 1 saturated heterocycles. The van der Waals surface area contributed by atoms with E-state index < -0.39 is 5.60 Å². The predicted octanol–water partition coefficient (Wildman–Crippen LogP) is 0.724. The largest absolute Gasteiger partial charge is 0.469 e. The minimum Gasteiger partial charge on any atom is -0.469 e. The van der Waals surface area contributed by atoms with Crippen LogP contribution < -0.4 is 10.6 Å². The van der Waals surface area contributed by atoms with Crippen LogP contribution in [0, 0.1) is 0 Å². The number of ether oxygens (including phenoxy) is 2. The fourth-order valence-corrected chi connectivity index (χ4v) is 1.92. The molecule has 0 aromatic heterocycles. The van der Waals surface area contributed by atoms with Crippen LogP contribution in [-0.4, -0.2) is 67.9 Å². The lowest BCUT2D eigenvalue weighted by atomic mass is 10.1. The number of amides is 1. The molecule has 0 saturated carbocycles. The smallest absolute Gasteiger partial charge is 0.410 e. The second-order valence-corrected chi connectivity index (χ2v) is 6.31. The number of hydrogen-bond donors (Lipinski definition) is 2. The highest BCUT2D eigenvalue weighted by Gasteiger charge is 2.34. The minimum atomic E-state index is -0.486. The number of carbonyl (C=O) groups excluding carboxylic acids is 2. The summed E-state index contributed by atoms with van der Waals surface area (Å²) >= 11 is 0. The standard InChI is InChI=1S/C15H28N4O4/c1-6-16-13(17-8-7-12(20)22-5)18-11-9-19(10-11)14(21)23-15(2,3)4/h11H,6-10H2,1-5H3,(H2,16,17,18). The van der Waals surface area contributed by atoms with Crippen molar-refractivity contribution in [3.05, 3.63) is 0 Å². The van der Waals surface area contributed by atoms with E-state index in [2.05, 4.69) is 20.4 Å². The summed E-state index contributed by atoms with van der Waals surface area (Å²) in [7, 11) is 1.36. The van der Waals surface area contributed by atoms with Crippen LogP contribution in [-0.2, 0) is 14.3 Å². The first kappa shape index (κ1) is 19.1. The monoisotopic (exact) mass is 328 g/mol. The van der Waals surface area contributed by atoms with Gasteiger partial charge < -0.3 is 25.0 Å². The maximum atomic E-state index is 11.9. The van der Waals surface area contributed by atoms with Crippen molar-refractivity contribution in [1.82, 2.24) is 15.5 Å². The molecular weight excluding hydrogens is 300 g/mol. The summed E-state index contributed by atoms with van der Waals surface area (Å²) < 4.78 is 9.89. The molecule has 0 aromatic rings. The number of aliphatic imine (C=N–C) groups is 1. The quantitative estimate of drug-likeness (QED) is 0.439. The molecule has 0 spiro atoms. The molecule has 0 aromatic carbocycles. The Kier molecular flexibility index (Phi) is 7.12. The van der Waals surface area contributed by atoms with Gasteiger partial charge in [-0.25, -0.2) is 4.79 Å². The average Bonchev–Trinajstić information content (AvgIpc) is 2.39. The number of methoxy groups -OCH3 is 1. The van der Waals surface area contributed by atoms with Gasteiger partial charge in [0.15, 0.2) is 5.96 Å². The van der Waals surface area contributed by atoms with E-state index >= 15 is 0 Å². The van der Waals surface area contributed by atoms with Crippen molar-refractivity contribution < 1.29 is 19.1 Å². The molecular formula is C15H28N4O4.